The zero-order valence-corrected chi connectivity index (χ0v) is 26.1. The molecule has 4 aromatic rings. The number of piperidine rings is 1. The fraction of sp³-hybridized carbons (Fsp3) is 0.444. The summed E-state index contributed by atoms with van der Waals surface area (Å²) in [6.07, 6.45) is 10.4. The van der Waals surface area contributed by atoms with Crippen LogP contribution >= 0.6 is 0 Å². The highest BCUT2D eigenvalue weighted by molar-refractivity contribution is 6.03. The van der Waals surface area contributed by atoms with E-state index in [4.69, 9.17) is 16.1 Å². The Morgan fingerprint density at radius 3 is 2.52 bits per heavy atom. The number of terminal acetylenes is 1. The Morgan fingerprint density at radius 1 is 1.08 bits per heavy atom. The van der Waals surface area contributed by atoms with Gasteiger partial charge in [-0.3, -0.25) is 4.98 Å². The molecule has 0 radical (unpaired) electrons. The fourth-order valence-electron chi connectivity index (χ4n) is 8.47. The summed E-state index contributed by atoms with van der Waals surface area (Å²) in [7, 11) is 0. The van der Waals surface area contributed by atoms with Gasteiger partial charge >= 0.3 is 12.2 Å². The number of hydrogen-bond donors (Lipinski definition) is 1. The number of rotatable bonds is 7. The van der Waals surface area contributed by atoms with Gasteiger partial charge in [0, 0.05) is 55.3 Å². The van der Waals surface area contributed by atoms with Gasteiger partial charge in [0.2, 0.25) is 0 Å². The molecule has 9 rings (SSSR count). The molecule has 12 heteroatoms. The summed E-state index contributed by atoms with van der Waals surface area (Å²) in [6, 6.07) is 4.74. The standard InChI is InChI=1S/C36H33F3N6O3/c1-2-25-28(37)6-3-19-10-24(46)11-26(29(19)25)31-30(38)32-27(12-40-31)33(44-15-22-4-5-23(16-44)45(22)34(39)47)42-35(41-32)48-18-36(7-8-36)17-43-13-20-9-21(20)14-43/h1,3,6,10-12,20-23,46H,4-5,7-9,13-18H2. The SMILES string of the molecule is C#Cc1c(F)ccc2cc(O)cc(-c3ncc4c(N5CC6CCC(C5)N6C(=O)F)nc(OCC5(CN6CC7CC7C6)CC5)nc4c3F)c12. The number of amides is 1. The van der Waals surface area contributed by atoms with E-state index in [1.165, 1.54) is 41.8 Å². The maximum atomic E-state index is 16.8. The van der Waals surface area contributed by atoms with Crippen molar-refractivity contribution in [2.75, 3.05) is 44.2 Å². The van der Waals surface area contributed by atoms with Gasteiger partial charge in [-0.25, -0.2) is 13.6 Å². The number of carbonyl (C=O) groups excluding carboxylic acids is 1. The van der Waals surface area contributed by atoms with Crippen LogP contribution in [0.25, 0.3) is 32.9 Å². The number of benzene rings is 2. The number of hydrogen-bond acceptors (Lipinski definition) is 8. The van der Waals surface area contributed by atoms with Crippen molar-refractivity contribution in [3.8, 4) is 35.4 Å². The highest BCUT2D eigenvalue weighted by Gasteiger charge is 2.51. The first kappa shape index (κ1) is 29.5. The normalized spacial score (nSPS) is 25.4. The highest BCUT2D eigenvalue weighted by atomic mass is 19.1. The van der Waals surface area contributed by atoms with E-state index in [0.717, 1.165) is 44.3 Å². The Balaban J connectivity index is 1.13. The van der Waals surface area contributed by atoms with Crippen LogP contribution < -0.4 is 9.64 Å². The summed E-state index contributed by atoms with van der Waals surface area (Å²) in [6.45, 7) is 4.23. The van der Waals surface area contributed by atoms with E-state index in [-0.39, 0.29) is 57.0 Å². The van der Waals surface area contributed by atoms with Gasteiger partial charge in [0.15, 0.2) is 5.82 Å². The molecule has 246 valence electrons. The maximum absolute atomic E-state index is 16.8. The van der Waals surface area contributed by atoms with E-state index in [2.05, 4.69) is 20.8 Å². The van der Waals surface area contributed by atoms with Crippen LogP contribution in [0.15, 0.2) is 30.5 Å². The molecule has 0 spiro atoms. The summed E-state index contributed by atoms with van der Waals surface area (Å²) in [5.41, 5.74) is -0.180. The summed E-state index contributed by atoms with van der Waals surface area (Å²) in [5, 5.41) is 11.5. The first-order valence-electron chi connectivity index (χ1n) is 16.6. The Labute approximate surface area is 274 Å². The van der Waals surface area contributed by atoms with Crippen LogP contribution in [0.4, 0.5) is 23.8 Å². The largest absolute Gasteiger partial charge is 0.508 e. The molecule has 5 aliphatic rings. The number of halogens is 3. The Bertz CT molecular complexity index is 2040. The monoisotopic (exact) mass is 654 g/mol. The number of ether oxygens (including phenoxy) is 1. The topological polar surface area (TPSA) is 94.9 Å². The number of aromatic hydroxyl groups is 1. The van der Waals surface area contributed by atoms with Crippen molar-refractivity contribution in [2.45, 2.75) is 44.2 Å². The third-order valence-corrected chi connectivity index (χ3v) is 11.2. The number of fused-ring (bicyclic) bond motifs is 5. The van der Waals surface area contributed by atoms with Crippen molar-refractivity contribution in [3.05, 3.63) is 47.7 Å². The smallest absolute Gasteiger partial charge is 0.400 e. The van der Waals surface area contributed by atoms with E-state index in [9.17, 15) is 18.7 Å². The minimum absolute atomic E-state index is 0.000388. The van der Waals surface area contributed by atoms with Gasteiger partial charge in [0.25, 0.3) is 0 Å². The number of aromatic nitrogens is 3. The van der Waals surface area contributed by atoms with Gasteiger partial charge in [-0.1, -0.05) is 12.0 Å². The van der Waals surface area contributed by atoms with Crippen molar-refractivity contribution in [3.63, 3.8) is 0 Å². The molecule has 9 nitrogen and oxygen atoms in total. The molecule has 3 saturated heterocycles. The Morgan fingerprint density at radius 2 is 1.83 bits per heavy atom. The predicted octanol–water partition coefficient (Wildman–Crippen LogP) is 5.66. The van der Waals surface area contributed by atoms with E-state index < -0.39 is 17.8 Å². The number of anilines is 1. The fourth-order valence-corrected chi connectivity index (χ4v) is 8.47. The van der Waals surface area contributed by atoms with Gasteiger partial charge in [-0.15, -0.1) is 10.8 Å². The molecule has 1 amide bonds. The van der Waals surface area contributed by atoms with E-state index in [1.807, 2.05) is 4.90 Å². The first-order chi connectivity index (χ1) is 23.2. The first-order valence-corrected chi connectivity index (χ1v) is 16.6. The number of phenolic OH excluding ortho intramolecular Hbond substituents is 1. The Kier molecular flexibility index (Phi) is 6.57. The minimum Gasteiger partial charge on any atom is -0.508 e. The van der Waals surface area contributed by atoms with Crippen LogP contribution in [0.3, 0.4) is 0 Å². The van der Waals surface area contributed by atoms with E-state index >= 15 is 4.39 Å². The summed E-state index contributed by atoms with van der Waals surface area (Å²) in [4.78, 5) is 31.3. The number of pyridine rings is 1. The molecule has 48 heavy (non-hydrogen) atoms. The molecule has 2 aromatic carbocycles. The van der Waals surface area contributed by atoms with Gasteiger partial charge in [-0.05, 0) is 67.5 Å². The van der Waals surface area contributed by atoms with Crippen molar-refractivity contribution in [1.82, 2.24) is 24.8 Å². The van der Waals surface area contributed by atoms with Crippen LogP contribution in [-0.4, -0.2) is 87.4 Å². The van der Waals surface area contributed by atoms with Crippen LogP contribution in [0.5, 0.6) is 11.8 Å². The van der Waals surface area contributed by atoms with Crippen LogP contribution in [0.1, 0.15) is 37.7 Å². The van der Waals surface area contributed by atoms with Crippen molar-refractivity contribution in [1.29, 1.82) is 0 Å². The molecular formula is C36H33F3N6O3. The molecule has 2 bridgehead atoms. The van der Waals surface area contributed by atoms with E-state index in [1.54, 1.807) is 0 Å². The number of likely N-dealkylation sites (tertiary alicyclic amines) is 1. The van der Waals surface area contributed by atoms with E-state index in [0.29, 0.717) is 49.1 Å². The Hall–Kier alpha value is -4.63. The van der Waals surface area contributed by atoms with Crippen molar-refractivity contribution < 1.29 is 27.8 Å². The zero-order valence-electron chi connectivity index (χ0n) is 26.1. The molecule has 2 aliphatic carbocycles. The second kappa shape index (κ2) is 10.7. The lowest BCUT2D eigenvalue weighted by Gasteiger charge is -2.40. The van der Waals surface area contributed by atoms with Gasteiger partial charge in [-0.2, -0.15) is 9.97 Å². The molecular weight excluding hydrogens is 621 g/mol. The molecule has 2 saturated carbocycles. The van der Waals surface area contributed by atoms with Crippen molar-refractivity contribution in [2.24, 2.45) is 17.3 Å². The molecule has 1 N–H and O–H groups in total. The average Bonchev–Trinajstić information content (AvgIpc) is 3.95. The molecule has 2 aromatic heterocycles. The number of piperazine rings is 1. The summed E-state index contributed by atoms with van der Waals surface area (Å²) in [5.74, 6) is 2.79. The second-order valence-electron chi connectivity index (χ2n) is 14.4. The maximum Gasteiger partial charge on any atom is 0.400 e. The van der Waals surface area contributed by atoms with Crippen LogP contribution in [-0.2, 0) is 0 Å². The second-order valence-corrected chi connectivity index (χ2v) is 14.4. The lowest BCUT2D eigenvalue weighted by Crippen LogP contribution is -2.55. The van der Waals surface area contributed by atoms with Gasteiger partial charge in [0.1, 0.15) is 28.6 Å². The molecule has 4 unspecified atom stereocenters. The molecule has 4 atom stereocenters. The number of nitrogens with zero attached hydrogens (tertiary/aromatic N) is 6. The molecule has 5 heterocycles. The minimum atomic E-state index is -1.44. The third-order valence-electron chi connectivity index (χ3n) is 11.2. The summed E-state index contributed by atoms with van der Waals surface area (Å²) >= 11 is 0. The van der Waals surface area contributed by atoms with Gasteiger partial charge < -0.3 is 24.5 Å². The zero-order chi connectivity index (χ0) is 32.9. The third kappa shape index (κ3) is 4.81. The molecule has 5 fully saturated rings. The van der Waals surface area contributed by atoms with Gasteiger partial charge in [0.05, 0.1) is 29.6 Å². The average molecular weight is 655 g/mol. The number of carbonyl (C=O) groups is 1. The lowest BCUT2D eigenvalue weighted by molar-refractivity contribution is 0.140. The van der Waals surface area contributed by atoms with Crippen LogP contribution in [0.2, 0.25) is 0 Å². The van der Waals surface area contributed by atoms with Crippen molar-refractivity contribution >= 4 is 33.7 Å². The van der Waals surface area contributed by atoms with Crippen LogP contribution in [0, 0.1) is 41.2 Å². The lowest BCUT2D eigenvalue weighted by atomic mass is 9.96. The number of phenols is 1. The quantitative estimate of drug-likeness (QED) is 0.155. The predicted molar refractivity (Wildman–Crippen MR) is 172 cm³/mol. The summed E-state index contributed by atoms with van der Waals surface area (Å²) < 4.78 is 51.9. The molecule has 3 aliphatic heterocycles. The highest BCUT2D eigenvalue weighted by Crippen LogP contribution is 2.51.